The van der Waals surface area contributed by atoms with Crippen LogP contribution >= 0.6 is 11.6 Å². The van der Waals surface area contributed by atoms with E-state index in [0.717, 1.165) is 0 Å². The quantitative estimate of drug-likeness (QED) is 0.707. The highest BCUT2D eigenvalue weighted by Gasteiger charge is 2.17. The molecular formula is C16H15ClF2N2O4S. The molecule has 2 rings (SSSR count). The summed E-state index contributed by atoms with van der Waals surface area (Å²) in [5.41, 5.74) is 0.366. The standard InChI is InChI=1S/C16H15ClF2N2O4S/c17-13-3-1-2-4-14(13)26(23,24)20-10-9-15(22)21-11-5-7-12(8-6-11)25-16(18)19/h1-8,16,20H,9-10H2,(H,21,22). The fraction of sp³-hybridized carbons (Fsp3) is 0.188. The number of benzene rings is 2. The normalized spacial score (nSPS) is 11.4. The lowest BCUT2D eigenvalue weighted by Crippen LogP contribution is -2.28. The summed E-state index contributed by atoms with van der Waals surface area (Å²) in [5.74, 6) is -0.486. The van der Waals surface area contributed by atoms with Crippen LogP contribution in [0.2, 0.25) is 5.02 Å². The Morgan fingerprint density at radius 3 is 2.38 bits per heavy atom. The number of alkyl halides is 2. The minimum atomic E-state index is -3.83. The lowest BCUT2D eigenvalue weighted by molar-refractivity contribution is -0.116. The molecule has 0 aliphatic carbocycles. The number of hydrogen-bond donors (Lipinski definition) is 2. The van der Waals surface area contributed by atoms with Crippen molar-refractivity contribution in [2.24, 2.45) is 0 Å². The highest BCUT2D eigenvalue weighted by atomic mass is 35.5. The summed E-state index contributed by atoms with van der Waals surface area (Å²) in [6, 6.07) is 11.3. The van der Waals surface area contributed by atoms with Gasteiger partial charge < -0.3 is 10.1 Å². The van der Waals surface area contributed by atoms with Gasteiger partial charge in [-0.3, -0.25) is 4.79 Å². The molecule has 0 aliphatic rings. The van der Waals surface area contributed by atoms with E-state index in [1.165, 1.54) is 42.5 Å². The van der Waals surface area contributed by atoms with Crippen LogP contribution in [0.5, 0.6) is 5.75 Å². The fourth-order valence-electron chi connectivity index (χ4n) is 1.98. The molecule has 0 radical (unpaired) electrons. The molecule has 0 saturated carbocycles. The molecule has 10 heteroatoms. The number of amides is 1. The largest absolute Gasteiger partial charge is 0.435 e. The molecule has 2 aromatic rings. The number of nitrogens with one attached hydrogen (secondary N) is 2. The van der Waals surface area contributed by atoms with Crippen LogP contribution in [0.3, 0.4) is 0 Å². The van der Waals surface area contributed by atoms with E-state index >= 15 is 0 Å². The van der Waals surface area contributed by atoms with Crippen LogP contribution in [0.1, 0.15) is 6.42 Å². The molecule has 2 N–H and O–H groups in total. The number of hydrogen-bond acceptors (Lipinski definition) is 4. The lowest BCUT2D eigenvalue weighted by atomic mass is 10.3. The minimum absolute atomic E-state index is 0.0366. The molecule has 26 heavy (non-hydrogen) atoms. The Hall–Kier alpha value is -2.23. The summed E-state index contributed by atoms with van der Waals surface area (Å²) in [4.78, 5) is 11.8. The van der Waals surface area contributed by atoms with Crippen molar-refractivity contribution in [1.29, 1.82) is 0 Å². The topological polar surface area (TPSA) is 84.5 Å². The van der Waals surface area contributed by atoms with Crippen molar-refractivity contribution >= 4 is 33.2 Å². The first-order valence-electron chi connectivity index (χ1n) is 7.37. The Balaban J connectivity index is 1.84. The number of sulfonamides is 1. The third kappa shape index (κ3) is 5.94. The van der Waals surface area contributed by atoms with Crippen LogP contribution in [0.15, 0.2) is 53.4 Å². The Morgan fingerprint density at radius 1 is 1.12 bits per heavy atom. The number of halogens is 3. The Kier molecular flexibility index (Phi) is 6.90. The van der Waals surface area contributed by atoms with Gasteiger partial charge in [0.05, 0.1) is 5.02 Å². The zero-order valence-corrected chi connectivity index (χ0v) is 14.9. The minimum Gasteiger partial charge on any atom is -0.435 e. The predicted octanol–water partition coefficient (Wildman–Crippen LogP) is 3.25. The van der Waals surface area contributed by atoms with Crippen molar-refractivity contribution < 1.29 is 26.7 Å². The molecule has 2 aromatic carbocycles. The van der Waals surface area contributed by atoms with E-state index in [1.54, 1.807) is 6.07 Å². The van der Waals surface area contributed by atoms with Crippen LogP contribution in [-0.2, 0) is 14.8 Å². The molecule has 140 valence electrons. The zero-order valence-electron chi connectivity index (χ0n) is 13.3. The van der Waals surface area contributed by atoms with Crippen LogP contribution in [0.4, 0.5) is 14.5 Å². The van der Waals surface area contributed by atoms with Gasteiger partial charge in [0, 0.05) is 18.7 Å². The fourth-order valence-corrected chi connectivity index (χ4v) is 3.53. The van der Waals surface area contributed by atoms with Crippen molar-refractivity contribution in [1.82, 2.24) is 4.72 Å². The van der Waals surface area contributed by atoms with Gasteiger partial charge in [0.25, 0.3) is 0 Å². The van der Waals surface area contributed by atoms with Gasteiger partial charge >= 0.3 is 6.61 Å². The van der Waals surface area contributed by atoms with E-state index in [1.807, 2.05) is 0 Å². The van der Waals surface area contributed by atoms with Crippen molar-refractivity contribution in [2.45, 2.75) is 17.9 Å². The Bertz CT molecular complexity index is 861. The second kappa shape index (κ2) is 8.93. The summed E-state index contributed by atoms with van der Waals surface area (Å²) in [6.45, 7) is -3.06. The van der Waals surface area contributed by atoms with Gasteiger partial charge in [-0.2, -0.15) is 8.78 Å². The third-order valence-corrected chi connectivity index (χ3v) is 5.09. The smallest absolute Gasteiger partial charge is 0.387 e. The van der Waals surface area contributed by atoms with Gasteiger partial charge in [0.15, 0.2) is 0 Å². The lowest BCUT2D eigenvalue weighted by Gasteiger charge is -2.09. The number of rotatable bonds is 8. The third-order valence-electron chi connectivity index (χ3n) is 3.13. The Labute approximate surface area is 154 Å². The van der Waals surface area contributed by atoms with Gasteiger partial charge in [-0.1, -0.05) is 23.7 Å². The van der Waals surface area contributed by atoms with E-state index in [4.69, 9.17) is 11.6 Å². The molecule has 0 heterocycles. The maximum Gasteiger partial charge on any atom is 0.387 e. The maximum absolute atomic E-state index is 12.1. The molecule has 0 aromatic heterocycles. The van der Waals surface area contributed by atoms with Crippen LogP contribution in [-0.4, -0.2) is 27.5 Å². The first-order chi connectivity index (χ1) is 12.3. The molecule has 0 bridgehead atoms. The molecule has 0 spiro atoms. The van der Waals surface area contributed by atoms with E-state index in [2.05, 4.69) is 14.8 Å². The molecular weight excluding hydrogens is 390 g/mol. The average molecular weight is 405 g/mol. The van der Waals surface area contributed by atoms with Crippen LogP contribution < -0.4 is 14.8 Å². The molecule has 0 atom stereocenters. The van der Waals surface area contributed by atoms with Crippen molar-refractivity contribution in [2.75, 3.05) is 11.9 Å². The number of carbonyl (C=O) groups excluding carboxylic acids is 1. The monoisotopic (exact) mass is 404 g/mol. The molecule has 1 amide bonds. The predicted molar refractivity (Wildman–Crippen MR) is 93.0 cm³/mol. The summed E-state index contributed by atoms with van der Waals surface area (Å²) < 4.78 is 54.8. The number of ether oxygens (including phenoxy) is 1. The van der Waals surface area contributed by atoms with E-state index < -0.39 is 22.5 Å². The summed E-state index contributed by atoms with van der Waals surface area (Å²) in [6.07, 6.45) is -0.126. The van der Waals surface area contributed by atoms with E-state index in [0.29, 0.717) is 5.69 Å². The van der Waals surface area contributed by atoms with Gasteiger partial charge in [-0.15, -0.1) is 0 Å². The van der Waals surface area contributed by atoms with Crippen molar-refractivity contribution in [3.63, 3.8) is 0 Å². The van der Waals surface area contributed by atoms with Crippen LogP contribution in [0, 0.1) is 0 Å². The van der Waals surface area contributed by atoms with Gasteiger partial charge in [0.2, 0.25) is 15.9 Å². The number of carbonyl (C=O) groups is 1. The molecule has 0 saturated heterocycles. The van der Waals surface area contributed by atoms with Gasteiger partial charge in [0.1, 0.15) is 10.6 Å². The molecule has 6 nitrogen and oxygen atoms in total. The summed E-state index contributed by atoms with van der Waals surface area (Å²) >= 11 is 5.85. The first kappa shape index (κ1) is 20.1. The average Bonchev–Trinajstić information content (AvgIpc) is 2.56. The van der Waals surface area contributed by atoms with Gasteiger partial charge in [-0.25, -0.2) is 13.1 Å². The molecule has 0 fully saturated rings. The highest BCUT2D eigenvalue weighted by Crippen LogP contribution is 2.20. The summed E-state index contributed by atoms with van der Waals surface area (Å²) in [7, 11) is -3.83. The van der Waals surface area contributed by atoms with Crippen LogP contribution in [0.25, 0.3) is 0 Å². The molecule has 0 unspecified atom stereocenters. The zero-order chi connectivity index (χ0) is 19.2. The van der Waals surface area contributed by atoms with Crippen molar-refractivity contribution in [3.8, 4) is 5.75 Å². The van der Waals surface area contributed by atoms with Gasteiger partial charge in [-0.05, 0) is 36.4 Å². The first-order valence-corrected chi connectivity index (χ1v) is 9.23. The number of anilines is 1. The van der Waals surface area contributed by atoms with Crippen molar-refractivity contribution in [3.05, 3.63) is 53.6 Å². The van der Waals surface area contributed by atoms with E-state index in [-0.39, 0.29) is 28.6 Å². The maximum atomic E-state index is 12.1. The highest BCUT2D eigenvalue weighted by molar-refractivity contribution is 7.89. The molecule has 0 aliphatic heterocycles. The summed E-state index contributed by atoms with van der Waals surface area (Å²) in [5, 5.41) is 2.60. The SMILES string of the molecule is O=C(CCNS(=O)(=O)c1ccccc1Cl)Nc1ccc(OC(F)F)cc1. The second-order valence-corrected chi connectivity index (χ2v) is 7.17. The Morgan fingerprint density at radius 2 is 1.77 bits per heavy atom. The second-order valence-electron chi connectivity index (χ2n) is 5.03. The van der Waals surface area contributed by atoms with E-state index in [9.17, 15) is 22.0 Å².